The van der Waals surface area contributed by atoms with Crippen molar-refractivity contribution in [2.24, 2.45) is 0 Å². The van der Waals surface area contributed by atoms with Crippen LogP contribution in [0.15, 0.2) is 67.6 Å². The molecule has 172 valence electrons. The summed E-state index contributed by atoms with van der Waals surface area (Å²) in [5, 5.41) is 3.45. The highest BCUT2D eigenvalue weighted by atomic mass is 19.1. The summed E-state index contributed by atoms with van der Waals surface area (Å²) in [5.41, 5.74) is 3.86. The van der Waals surface area contributed by atoms with Gasteiger partial charge in [0.05, 0.1) is 7.11 Å². The van der Waals surface area contributed by atoms with Crippen LogP contribution in [0, 0.1) is 5.95 Å². The van der Waals surface area contributed by atoms with Crippen molar-refractivity contribution in [3.05, 3.63) is 73.6 Å². The molecule has 0 radical (unpaired) electrons. The lowest BCUT2D eigenvalue weighted by Crippen LogP contribution is -2.07. The summed E-state index contributed by atoms with van der Waals surface area (Å²) < 4.78 is 26.1. The van der Waals surface area contributed by atoms with E-state index in [1.807, 2.05) is 12.1 Å². The van der Waals surface area contributed by atoms with E-state index in [0.29, 0.717) is 28.2 Å². The summed E-state index contributed by atoms with van der Waals surface area (Å²) in [4.78, 5) is 31.3. The van der Waals surface area contributed by atoms with E-state index < -0.39 is 11.9 Å². The predicted molar refractivity (Wildman–Crippen MR) is 126 cm³/mol. The highest BCUT2D eigenvalue weighted by Gasteiger charge is 2.15. The number of benzene rings is 1. The van der Waals surface area contributed by atoms with E-state index in [-0.39, 0.29) is 12.6 Å². The number of nitrogens with zero attached hydrogens (tertiary/aromatic N) is 3. The fourth-order valence-corrected chi connectivity index (χ4v) is 3.54. The first-order chi connectivity index (χ1) is 16.4. The maximum Gasteiger partial charge on any atom is 0.304 e. The zero-order chi connectivity index (χ0) is 24.2. The second-order valence-electron chi connectivity index (χ2n) is 7.38. The van der Waals surface area contributed by atoms with E-state index in [1.54, 1.807) is 35.2 Å². The van der Waals surface area contributed by atoms with E-state index in [9.17, 15) is 14.0 Å². The van der Waals surface area contributed by atoms with Gasteiger partial charge in [-0.25, -0.2) is 9.97 Å². The number of fused-ring (bicyclic) bond motifs is 1. The largest absolute Gasteiger partial charge is 0.497 e. The number of halogens is 1. The molecule has 0 unspecified atom stereocenters. The predicted octanol–water partition coefficient (Wildman–Crippen LogP) is 4.56. The minimum absolute atomic E-state index is 0.0390. The zero-order valence-corrected chi connectivity index (χ0v) is 18.5. The number of hydrogen-bond donors (Lipinski definition) is 1. The minimum Gasteiger partial charge on any atom is -0.497 e. The van der Waals surface area contributed by atoms with Crippen molar-refractivity contribution in [3.63, 3.8) is 0 Å². The molecule has 1 aromatic carbocycles. The third-order valence-corrected chi connectivity index (χ3v) is 5.09. The summed E-state index contributed by atoms with van der Waals surface area (Å²) in [5.74, 6) is -0.850. The van der Waals surface area contributed by atoms with Crippen LogP contribution in [-0.2, 0) is 21.1 Å². The topological polar surface area (TPSA) is 95.3 Å². The van der Waals surface area contributed by atoms with Gasteiger partial charge in [0.1, 0.15) is 11.4 Å². The van der Waals surface area contributed by atoms with Crippen molar-refractivity contribution >= 4 is 28.6 Å². The summed E-state index contributed by atoms with van der Waals surface area (Å²) in [6.07, 6.45) is 5.98. The van der Waals surface area contributed by atoms with Gasteiger partial charge in [0.25, 0.3) is 0 Å². The minimum atomic E-state index is -0.613. The lowest BCUT2D eigenvalue weighted by molar-refractivity contribution is -0.144. The number of esters is 1. The Morgan fingerprint density at radius 1 is 1.15 bits per heavy atom. The van der Waals surface area contributed by atoms with Crippen LogP contribution >= 0.6 is 0 Å². The lowest BCUT2D eigenvalue weighted by Gasteiger charge is -2.10. The number of pyridine rings is 2. The number of hydrogen-bond acceptors (Lipinski definition) is 6. The van der Waals surface area contributed by atoms with E-state index in [1.165, 1.54) is 32.4 Å². The monoisotopic (exact) mass is 460 g/mol. The molecule has 0 fully saturated rings. The van der Waals surface area contributed by atoms with Crippen molar-refractivity contribution in [2.75, 3.05) is 12.4 Å². The Bertz CT molecular complexity index is 1410. The van der Waals surface area contributed by atoms with E-state index in [4.69, 9.17) is 9.47 Å². The summed E-state index contributed by atoms with van der Waals surface area (Å²) in [7, 11) is 1.53. The molecule has 34 heavy (non-hydrogen) atoms. The van der Waals surface area contributed by atoms with Gasteiger partial charge < -0.3 is 14.8 Å². The molecule has 3 heterocycles. The van der Waals surface area contributed by atoms with Gasteiger partial charge in [-0.15, -0.1) is 0 Å². The third kappa shape index (κ3) is 4.78. The van der Waals surface area contributed by atoms with Crippen molar-refractivity contribution in [1.29, 1.82) is 0 Å². The smallest absolute Gasteiger partial charge is 0.304 e. The van der Waals surface area contributed by atoms with Gasteiger partial charge in [0.2, 0.25) is 11.9 Å². The van der Waals surface area contributed by atoms with Gasteiger partial charge in [0, 0.05) is 59.8 Å². The van der Waals surface area contributed by atoms with Gasteiger partial charge in [-0.05, 0) is 41.5 Å². The van der Waals surface area contributed by atoms with Crippen LogP contribution < -0.4 is 10.1 Å². The molecular weight excluding hydrogens is 439 g/mol. The number of rotatable bonds is 7. The Balaban J connectivity index is 1.86. The zero-order valence-electron chi connectivity index (χ0n) is 18.5. The van der Waals surface area contributed by atoms with Crippen molar-refractivity contribution in [3.8, 4) is 28.0 Å². The van der Waals surface area contributed by atoms with E-state index in [0.717, 1.165) is 16.5 Å². The van der Waals surface area contributed by atoms with Gasteiger partial charge in [0.15, 0.2) is 6.73 Å². The van der Waals surface area contributed by atoms with Crippen LogP contribution in [0.25, 0.3) is 33.3 Å². The van der Waals surface area contributed by atoms with Crippen molar-refractivity contribution < 1.29 is 23.5 Å². The maximum absolute atomic E-state index is 13.9. The Kier molecular flexibility index (Phi) is 6.35. The molecule has 0 aliphatic rings. The fraction of sp³-hybridized carbons (Fsp3) is 0.120. The first-order valence-electron chi connectivity index (χ1n) is 10.2. The van der Waals surface area contributed by atoms with Gasteiger partial charge in [-0.3, -0.25) is 14.2 Å². The van der Waals surface area contributed by atoms with Crippen LogP contribution in [0.4, 0.5) is 10.1 Å². The molecule has 0 aliphatic carbocycles. The summed E-state index contributed by atoms with van der Waals surface area (Å²) in [6, 6.07) is 10.2. The Morgan fingerprint density at radius 2 is 1.97 bits per heavy atom. The first kappa shape index (κ1) is 22.7. The number of nitrogens with one attached hydrogen (secondary N) is 1. The first-order valence-corrected chi connectivity index (χ1v) is 10.2. The molecule has 0 aliphatic heterocycles. The van der Waals surface area contributed by atoms with Crippen LogP contribution in [0.3, 0.4) is 0 Å². The quantitative estimate of drug-likeness (QED) is 0.247. The van der Waals surface area contributed by atoms with Crippen molar-refractivity contribution in [1.82, 2.24) is 14.5 Å². The number of aromatic nitrogens is 3. The fourth-order valence-electron chi connectivity index (χ4n) is 3.54. The molecular formula is C25H21FN4O4. The second kappa shape index (κ2) is 9.53. The number of carbonyl (C=O) groups excluding carboxylic acids is 2. The van der Waals surface area contributed by atoms with Gasteiger partial charge in [-0.1, -0.05) is 6.58 Å². The molecule has 0 saturated heterocycles. The SMILES string of the molecule is C=CC(=O)Nc1cc(OC)cc(-c2cnc3c(c2)c(-c2ccnc(F)c2)cn3COC(C)=O)c1. The molecule has 3 aromatic heterocycles. The number of methoxy groups -OCH3 is 1. The third-order valence-electron chi connectivity index (χ3n) is 5.09. The summed E-state index contributed by atoms with van der Waals surface area (Å²) in [6.45, 7) is 4.75. The van der Waals surface area contributed by atoms with Gasteiger partial charge in [-0.2, -0.15) is 4.39 Å². The molecule has 8 nitrogen and oxygen atoms in total. The van der Waals surface area contributed by atoms with Crippen LogP contribution in [0.1, 0.15) is 6.92 Å². The molecule has 4 rings (SSSR count). The molecule has 0 atom stereocenters. The Labute approximate surface area is 194 Å². The number of carbonyl (C=O) groups is 2. The highest BCUT2D eigenvalue weighted by molar-refractivity contribution is 6.00. The molecule has 1 amide bonds. The highest BCUT2D eigenvalue weighted by Crippen LogP contribution is 2.35. The Hall–Kier alpha value is -4.53. The number of ether oxygens (including phenoxy) is 2. The lowest BCUT2D eigenvalue weighted by atomic mass is 10.0. The molecule has 0 saturated carbocycles. The molecule has 0 bridgehead atoms. The van der Waals surface area contributed by atoms with E-state index >= 15 is 0 Å². The van der Waals surface area contributed by atoms with Crippen LogP contribution in [-0.4, -0.2) is 33.5 Å². The van der Waals surface area contributed by atoms with Gasteiger partial charge >= 0.3 is 5.97 Å². The molecule has 1 N–H and O–H groups in total. The maximum atomic E-state index is 13.9. The number of anilines is 1. The normalized spacial score (nSPS) is 10.7. The standard InChI is InChI=1S/C25H21FN4O4/c1-4-24(32)29-19-7-17(8-20(11-19)33-3)18-9-21-22(16-5-6-27-23(26)10-16)13-30(14-34-15(2)31)25(21)28-12-18/h4-13H,1,14H2,2-3H3,(H,29,32). The van der Waals surface area contributed by atoms with E-state index in [2.05, 4.69) is 21.9 Å². The van der Waals surface area contributed by atoms with Crippen molar-refractivity contribution in [2.45, 2.75) is 13.7 Å². The number of amides is 1. The Morgan fingerprint density at radius 3 is 2.68 bits per heavy atom. The molecule has 4 aromatic rings. The second-order valence-corrected chi connectivity index (χ2v) is 7.38. The molecule has 0 spiro atoms. The molecule has 9 heteroatoms. The average Bonchev–Trinajstić information content (AvgIpc) is 3.20. The average molecular weight is 460 g/mol. The van der Waals surface area contributed by atoms with Crippen LogP contribution in [0.2, 0.25) is 0 Å². The summed E-state index contributed by atoms with van der Waals surface area (Å²) >= 11 is 0. The van der Waals surface area contributed by atoms with Crippen LogP contribution in [0.5, 0.6) is 5.75 Å².